The second-order valence-corrected chi connectivity index (χ2v) is 5.91. The molecule has 0 heterocycles. The van der Waals surface area contributed by atoms with E-state index in [1.807, 2.05) is 12.1 Å². The lowest BCUT2D eigenvalue weighted by molar-refractivity contribution is 0.0882. The van der Waals surface area contributed by atoms with Gasteiger partial charge in [-0.2, -0.15) is 0 Å². The van der Waals surface area contributed by atoms with Crippen molar-refractivity contribution >= 4 is 0 Å². The number of ether oxygens (including phenoxy) is 2. The normalized spacial score (nSPS) is 16.5. The molecule has 1 unspecified atom stereocenters. The number of hydrogen-bond donors (Lipinski definition) is 1. The van der Waals surface area contributed by atoms with Crippen molar-refractivity contribution in [3.63, 3.8) is 0 Å². The summed E-state index contributed by atoms with van der Waals surface area (Å²) in [4.78, 5) is 0. The van der Waals surface area contributed by atoms with Gasteiger partial charge >= 0.3 is 0 Å². The lowest BCUT2D eigenvalue weighted by Crippen LogP contribution is -2.27. The van der Waals surface area contributed by atoms with E-state index in [4.69, 9.17) is 9.47 Å². The molecular formula is C18H29NO2. The van der Waals surface area contributed by atoms with E-state index in [2.05, 4.69) is 24.4 Å². The summed E-state index contributed by atoms with van der Waals surface area (Å²) in [7, 11) is 1.73. The Bertz CT molecular complexity index is 404. The van der Waals surface area contributed by atoms with Crippen molar-refractivity contribution in [3.8, 4) is 5.75 Å². The van der Waals surface area contributed by atoms with E-state index in [0.29, 0.717) is 6.61 Å². The fourth-order valence-electron chi connectivity index (χ4n) is 2.76. The molecule has 1 atom stereocenters. The zero-order valence-corrected chi connectivity index (χ0v) is 13.4. The van der Waals surface area contributed by atoms with Crippen molar-refractivity contribution in [1.82, 2.24) is 5.32 Å². The first-order chi connectivity index (χ1) is 10.3. The van der Waals surface area contributed by atoms with E-state index in [1.54, 1.807) is 7.11 Å². The van der Waals surface area contributed by atoms with Crippen molar-refractivity contribution in [3.05, 3.63) is 29.8 Å². The highest BCUT2D eigenvalue weighted by Crippen LogP contribution is 2.29. The predicted octanol–water partition coefficient (Wildman–Crippen LogP) is 3.94. The topological polar surface area (TPSA) is 30.5 Å². The van der Waals surface area contributed by atoms with Gasteiger partial charge in [-0.3, -0.25) is 0 Å². The van der Waals surface area contributed by atoms with Crippen LogP contribution in [0.3, 0.4) is 0 Å². The number of benzene rings is 1. The van der Waals surface area contributed by atoms with Gasteiger partial charge in [-0.25, -0.2) is 0 Å². The van der Waals surface area contributed by atoms with Crippen molar-refractivity contribution < 1.29 is 9.47 Å². The molecule has 0 aromatic heterocycles. The second kappa shape index (κ2) is 9.06. The monoisotopic (exact) mass is 291 g/mol. The summed E-state index contributed by atoms with van der Waals surface area (Å²) in [6.07, 6.45) is 6.54. The summed E-state index contributed by atoms with van der Waals surface area (Å²) in [6, 6.07) is 8.43. The van der Waals surface area contributed by atoms with Gasteiger partial charge in [0, 0.05) is 12.2 Å². The van der Waals surface area contributed by atoms with Crippen LogP contribution in [0.25, 0.3) is 0 Å². The van der Waals surface area contributed by atoms with Gasteiger partial charge in [0.1, 0.15) is 5.75 Å². The smallest absolute Gasteiger partial charge is 0.123 e. The molecule has 1 aliphatic carbocycles. The average Bonchev–Trinajstić information content (AvgIpc) is 2.48. The summed E-state index contributed by atoms with van der Waals surface area (Å²) in [6.45, 7) is 4.77. The number of rotatable bonds is 10. The third-order valence-electron chi connectivity index (χ3n) is 4.33. The molecule has 0 saturated heterocycles. The Hall–Kier alpha value is -1.06. The molecule has 0 aliphatic heterocycles. The summed E-state index contributed by atoms with van der Waals surface area (Å²) >= 11 is 0. The number of hydrogen-bond acceptors (Lipinski definition) is 3. The third kappa shape index (κ3) is 5.01. The van der Waals surface area contributed by atoms with Gasteiger partial charge in [-0.15, -0.1) is 0 Å². The Morgan fingerprint density at radius 3 is 2.76 bits per heavy atom. The van der Waals surface area contributed by atoms with E-state index in [-0.39, 0.29) is 6.04 Å². The summed E-state index contributed by atoms with van der Waals surface area (Å²) in [5, 5.41) is 3.57. The fraction of sp³-hybridized carbons (Fsp3) is 0.667. The van der Waals surface area contributed by atoms with Crippen LogP contribution in [0.2, 0.25) is 0 Å². The Kier molecular flexibility index (Phi) is 7.04. The van der Waals surface area contributed by atoms with Gasteiger partial charge in [0.25, 0.3) is 0 Å². The van der Waals surface area contributed by atoms with Gasteiger partial charge in [0.05, 0.1) is 19.8 Å². The first kappa shape index (κ1) is 16.3. The van der Waals surface area contributed by atoms with E-state index in [0.717, 1.165) is 31.2 Å². The number of methoxy groups -OCH3 is 1. The number of nitrogens with one attached hydrogen (secondary N) is 1. The van der Waals surface area contributed by atoms with E-state index in [1.165, 1.54) is 31.2 Å². The third-order valence-corrected chi connectivity index (χ3v) is 4.33. The predicted molar refractivity (Wildman–Crippen MR) is 86.8 cm³/mol. The van der Waals surface area contributed by atoms with E-state index >= 15 is 0 Å². The second-order valence-electron chi connectivity index (χ2n) is 5.91. The zero-order valence-electron chi connectivity index (χ0n) is 13.4. The van der Waals surface area contributed by atoms with Gasteiger partial charge in [0.2, 0.25) is 0 Å². The highest BCUT2D eigenvalue weighted by molar-refractivity contribution is 5.35. The SMILES string of the molecule is CCCNC(COCCC1CCC1)c1ccccc1OC. The number of para-hydroxylation sites is 1. The Morgan fingerprint density at radius 2 is 2.10 bits per heavy atom. The first-order valence-corrected chi connectivity index (χ1v) is 8.29. The van der Waals surface area contributed by atoms with Gasteiger partial charge in [0.15, 0.2) is 0 Å². The molecule has 0 radical (unpaired) electrons. The quantitative estimate of drug-likeness (QED) is 0.662. The Balaban J connectivity index is 1.86. The van der Waals surface area contributed by atoms with Crippen molar-refractivity contribution in [2.45, 2.75) is 45.1 Å². The standard InChI is InChI=1S/C18H29NO2/c1-3-12-19-17(14-21-13-11-15-7-6-8-15)16-9-4-5-10-18(16)20-2/h4-5,9-10,15,17,19H,3,6-8,11-14H2,1-2H3. The molecule has 1 saturated carbocycles. The van der Waals surface area contributed by atoms with Gasteiger partial charge in [-0.05, 0) is 31.4 Å². The minimum atomic E-state index is 0.211. The largest absolute Gasteiger partial charge is 0.496 e. The van der Waals surface area contributed by atoms with Crippen LogP contribution >= 0.6 is 0 Å². The molecule has 0 spiro atoms. The van der Waals surface area contributed by atoms with Crippen LogP contribution in [0.5, 0.6) is 5.75 Å². The maximum atomic E-state index is 5.94. The molecular weight excluding hydrogens is 262 g/mol. The maximum absolute atomic E-state index is 5.94. The lowest BCUT2D eigenvalue weighted by atomic mass is 9.83. The molecule has 2 rings (SSSR count). The summed E-state index contributed by atoms with van der Waals surface area (Å²) < 4.78 is 11.4. The van der Waals surface area contributed by atoms with Crippen molar-refractivity contribution in [2.24, 2.45) is 5.92 Å². The van der Waals surface area contributed by atoms with Crippen LogP contribution in [0.15, 0.2) is 24.3 Å². The molecule has 1 N–H and O–H groups in total. The molecule has 3 heteroatoms. The van der Waals surface area contributed by atoms with Crippen LogP contribution in [0, 0.1) is 5.92 Å². The van der Waals surface area contributed by atoms with Gasteiger partial charge in [-0.1, -0.05) is 44.4 Å². The van der Waals surface area contributed by atoms with Crippen LogP contribution in [-0.4, -0.2) is 26.9 Å². The maximum Gasteiger partial charge on any atom is 0.123 e. The minimum Gasteiger partial charge on any atom is -0.496 e. The van der Waals surface area contributed by atoms with Crippen LogP contribution in [0.4, 0.5) is 0 Å². The molecule has 118 valence electrons. The van der Waals surface area contributed by atoms with Crippen LogP contribution in [-0.2, 0) is 4.74 Å². The molecule has 0 bridgehead atoms. The van der Waals surface area contributed by atoms with E-state index in [9.17, 15) is 0 Å². The highest BCUT2D eigenvalue weighted by Gasteiger charge is 2.18. The molecule has 1 aliphatic rings. The zero-order chi connectivity index (χ0) is 14.9. The summed E-state index contributed by atoms with van der Waals surface area (Å²) in [5.41, 5.74) is 1.19. The molecule has 1 aromatic carbocycles. The van der Waals surface area contributed by atoms with Crippen LogP contribution in [0.1, 0.15) is 50.6 Å². The van der Waals surface area contributed by atoms with Gasteiger partial charge < -0.3 is 14.8 Å². The minimum absolute atomic E-state index is 0.211. The molecule has 1 fully saturated rings. The Labute approximate surface area is 129 Å². The molecule has 1 aromatic rings. The highest BCUT2D eigenvalue weighted by atomic mass is 16.5. The molecule has 21 heavy (non-hydrogen) atoms. The average molecular weight is 291 g/mol. The fourth-order valence-corrected chi connectivity index (χ4v) is 2.76. The Morgan fingerprint density at radius 1 is 1.29 bits per heavy atom. The molecule has 0 amide bonds. The molecule has 3 nitrogen and oxygen atoms in total. The first-order valence-electron chi connectivity index (χ1n) is 8.29. The van der Waals surface area contributed by atoms with Crippen molar-refractivity contribution in [1.29, 1.82) is 0 Å². The van der Waals surface area contributed by atoms with Crippen molar-refractivity contribution in [2.75, 3.05) is 26.9 Å². The van der Waals surface area contributed by atoms with E-state index < -0.39 is 0 Å². The summed E-state index contributed by atoms with van der Waals surface area (Å²) in [5.74, 6) is 1.85. The van der Waals surface area contributed by atoms with Crippen LogP contribution < -0.4 is 10.1 Å². The lowest BCUT2D eigenvalue weighted by Gasteiger charge is -2.26.